The van der Waals surface area contributed by atoms with Crippen LogP contribution in [0.3, 0.4) is 0 Å². The van der Waals surface area contributed by atoms with Crippen LogP contribution in [0.2, 0.25) is 15.1 Å². The third-order valence-corrected chi connectivity index (χ3v) is 11.5. The largest absolute Gasteiger partial charge is 0.494 e. The summed E-state index contributed by atoms with van der Waals surface area (Å²) in [4.78, 5) is 30.4. The smallest absolute Gasteiger partial charge is 0.264 e. The molecule has 50 heavy (non-hydrogen) atoms. The molecule has 4 aromatic carbocycles. The van der Waals surface area contributed by atoms with E-state index in [9.17, 15) is 18.0 Å². The van der Waals surface area contributed by atoms with Crippen LogP contribution < -0.4 is 14.4 Å². The molecule has 0 saturated heterocycles. The molecule has 8 nitrogen and oxygen atoms in total. The van der Waals surface area contributed by atoms with Crippen LogP contribution in [0, 0.1) is 0 Å². The zero-order valence-electron chi connectivity index (χ0n) is 27.7. The van der Waals surface area contributed by atoms with Gasteiger partial charge in [0, 0.05) is 39.6 Å². The Hall–Kier alpha value is -3.76. The van der Waals surface area contributed by atoms with E-state index >= 15 is 0 Å². The van der Waals surface area contributed by atoms with Crippen molar-refractivity contribution in [3.8, 4) is 5.75 Å². The maximum atomic E-state index is 14.8. The van der Waals surface area contributed by atoms with Crippen molar-refractivity contribution in [3.05, 3.63) is 123 Å². The lowest BCUT2D eigenvalue weighted by molar-refractivity contribution is -0.140. The van der Waals surface area contributed by atoms with Gasteiger partial charge in [0.1, 0.15) is 18.3 Å². The number of anilines is 1. The Bertz CT molecular complexity index is 1830. The summed E-state index contributed by atoms with van der Waals surface area (Å²) in [6.07, 6.45) is 4.99. The van der Waals surface area contributed by atoms with Gasteiger partial charge in [-0.3, -0.25) is 13.9 Å². The number of nitrogens with one attached hydrogen (secondary N) is 1. The number of ether oxygens (including phenoxy) is 1. The fourth-order valence-electron chi connectivity index (χ4n) is 6.09. The molecular weight excluding hydrogens is 717 g/mol. The first-order valence-corrected chi connectivity index (χ1v) is 19.2. The first-order chi connectivity index (χ1) is 24.1. The molecule has 0 spiro atoms. The quantitative estimate of drug-likeness (QED) is 0.140. The second-order valence-electron chi connectivity index (χ2n) is 12.2. The molecule has 1 fully saturated rings. The van der Waals surface area contributed by atoms with Gasteiger partial charge in [-0.1, -0.05) is 90.5 Å². The summed E-state index contributed by atoms with van der Waals surface area (Å²) in [5, 5.41) is 4.20. The summed E-state index contributed by atoms with van der Waals surface area (Å²) in [5.41, 5.74) is 1.51. The van der Waals surface area contributed by atoms with Gasteiger partial charge in [0.25, 0.3) is 10.0 Å². The minimum atomic E-state index is -4.31. The minimum absolute atomic E-state index is 0.0268. The average Bonchev–Trinajstić information content (AvgIpc) is 3.11. The van der Waals surface area contributed by atoms with Crippen molar-refractivity contribution in [1.29, 1.82) is 0 Å². The van der Waals surface area contributed by atoms with Crippen LogP contribution in [-0.4, -0.2) is 50.4 Å². The Balaban J connectivity index is 1.59. The van der Waals surface area contributed by atoms with E-state index < -0.39 is 28.5 Å². The van der Waals surface area contributed by atoms with Gasteiger partial charge < -0.3 is 15.0 Å². The molecule has 1 aliphatic carbocycles. The van der Waals surface area contributed by atoms with Gasteiger partial charge in [-0.25, -0.2) is 8.42 Å². The van der Waals surface area contributed by atoms with Crippen LogP contribution in [0.1, 0.15) is 50.2 Å². The van der Waals surface area contributed by atoms with Gasteiger partial charge >= 0.3 is 0 Å². The molecule has 12 heteroatoms. The predicted molar refractivity (Wildman–Crippen MR) is 200 cm³/mol. The van der Waals surface area contributed by atoms with Crippen LogP contribution in [0.15, 0.2) is 102 Å². The van der Waals surface area contributed by atoms with Crippen molar-refractivity contribution in [1.82, 2.24) is 10.2 Å². The molecule has 0 bridgehead atoms. The molecule has 0 unspecified atom stereocenters. The number of rotatable bonds is 14. The molecule has 2 amide bonds. The monoisotopic (exact) mass is 755 g/mol. The molecule has 4 aromatic rings. The second-order valence-corrected chi connectivity index (χ2v) is 15.3. The summed E-state index contributed by atoms with van der Waals surface area (Å²) in [6, 6.07) is 25.6. The second kappa shape index (κ2) is 17.4. The summed E-state index contributed by atoms with van der Waals surface area (Å²) in [6.45, 7) is 1.52. The van der Waals surface area contributed by atoms with Crippen molar-refractivity contribution in [2.24, 2.45) is 0 Å². The number of benzene rings is 4. The summed E-state index contributed by atoms with van der Waals surface area (Å²) in [5.74, 6) is -0.402. The molecule has 0 radical (unpaired) electrons. The number of carbonyl (C=O) groups is 2. The fourth-order valence-corrected chi connectivity index (χ4v) is 8.15. The van der Waals surface area contributed by atoms with Crippen molar-refractivity contribution < 1.29 is 22.7 Å². The van der Waals surface area contributed by atoms with E-state index in [-0.39, 0.29) is 35.5 Å². The molecule has 0 aliphatic heterocycles. The minimum Gasteiger partial charge on any atom is -0.494 e. The summed E-state index contributed by atoms with van der Waals surface area (Å²) < 4.78 is 35.2. The maximum Gasteiger partial charge on any atom is 0.264 e. The Morgan fingerprint density at radius 1 is 0.840 bits per heavy atom. The molecule has 1 atom stereocenters. The van der Waals surface area contributed by atoms with Gasteiger partial charge in [0.05, 0.1) is 17.2 Å². The fraction of sp³-hybridized carbons (Fsp3) is 0.316. The van der Waals surface area contributed by atoms with Crippen molar-refractivity contribution in [3.63, 3.8) is 0 Å². The van der Waals surface area contributed by atoms with Gasteiger partial charge in [-0.2, -0.15) is 0 Å². The molecule has 5 rings (SSSR count). The topological polar surface area (TPSA) is 96.0 Å². The Kier molecular flexibility index (Phi) is 13.1. The number of carbonyl (C=O) groups excluding carboxylic acids is 2. The molecule has 0 heterocycles. The van der Waals surface area contributed by atoms with Gasteiger partial charge in [0.15, 0.2) is 0 Å². The van der Waals surface area contributed by atoms with E-state index in [1.807, 2.05) is 37.3 Å². The van der Waals surface area contributed by atoms with Crippen LogP contribution in [0.25, 0.3) is 0 Å². The molecule has 1 aliphatic rings. The van der Waals surface area contributed by atoms with E-state index in [1.54, 1.807) is 42.5 Å². The third-order valence-electron chi connectivity index (χ3n) is 8.73. The highest BCUT2D eigenvalue weighted by Crippen LogP contribution is 2.30. The highest BCUT2D eigenvalue weighted by Gasteiger charge is 2.36. The third kappa shape index (κ3) is 9.51. The zero-order valence-corrected chi connectivity index (χ0v) is 30.8. The molecule has 0 aromatic heterocycles. The molecule has 264 valence electrons. The van der Waals surface area contributed by atoms with Gasteiger partial charge in [0.2, 0.25) is 11.8 Å². The Labute approximate surface area is 309 Å². The van der Waals surface area contributed by atoms with E-state index in [0.717, 1.165) is 42.0 Å². The van der Waals surface area contributed by atoms with Crippen molar-refractivity contribution in [2.75, 3.05) is 17.5 Å². The lowest BCUT2D eigenvalue weighted by Crippen LogP contribution is -2.55. The number of sulfonamides is 1. The number of halogens is 3. The van der Waals surface area contributed by atoms with E-state index in [2.05, 4.69) is 5.32 Å². The molecule has 1 saturated carbocycles. The van der Waals surface area contributed by atoms with Crippen LogP contribution in [0.4, 0.5) is 5.69 Å². The summed E-state index contributed by atoms with van der Waals surface area (Å²) in [7, 11) is -4.31. The predicted octanol–water partition coefficient (Wildman–Crippen LogP) is 8.33. The van der Waals surface area contributed by atoms with E-state index in [0.29, 0.717) is 33.0 Å². The van der Waals surface area contributed by atoms with Crippen molar-refractivity contribution in [2.45, 2.75) is 69.0 Å². The van der Waals surface area contributed by atoms with E-state index in [4.69, 9.17) is 39.5 Å². The van der Waals surface area contributed by atoms with Crippen LogP contribution >= 0.6 is 34.8 Å². The normalized spacial score (nSPS) is 14.1. The Morgan fingerprint density at radius 3 is 2.10 bits per heavy atom. The van der Waals surface area contributed by atoms with Gasteiger partial charge in [-0.15, -0.1) is 0 Å². The van der Waals surface area contributed by atoms with Crippen LogP contribution in [-0.2, 0) is 32.6 Å². The molecular formula is C38H40Cl3N3O5S. The van der Waals surface area contributed by atoms with Crippen molar-refractivity contribution >= 4 is 62.3 Å². The number of amides is 2. The van der Waals surface area contributed by atoms with E-state index in [1.165, 1.54) is 29.2 Å². The first-order valence-electron chi connectivity index (χ1n) is 16.6. The number of hydrogen-bond acceptors (Lipinski definition) is 5. The highest BCUT2D eigenvalue weighted by molar-refractivity contribution is 7.92. The number of nitrogens with zero attached hydrogens (tertiary/aromatic N) is 2. The lowest BCUT2D eigenvalue weighted by atomic mass is 9.94. The standard InChI is InChI=1S/C38H40Cl3N3O5S/c1-2-49-31-20-18-30(19-21-31)44(50(47,48)32-22-16-28(39)17-23-32)26-37(45)43(25-33-34(40)14-9-15-35(33)41)36(24-27-10-5-3-6-11-27)38(46)42-29-12-7-4-8-13-29/h3,5-6,9-11,14-23,29,36H,2,4,7-8,12-13,24-26H2,1H3,(H,42,46)/t36-/m1/s1. The highest BCUT2D eigenvalue weighted by atomic mass is 35.5. The maximum absolute atomic E-state index is 14.8. The average molecular weight is 757 g/mol. The van der Waals surface area contributed by atoms with Crippen LogP contribution in [0.5, 0.6) is 5.75 Å². The number of hydrogen-bond donors (Lipinski definition) is 1. The zero-order chi connectivity index (χ0) is 35.7. The Morgan fingerprint density at radius 2 is 1.48 bits per heavy atom. The lowest BCUT2D eigenvalue weighted by Gasteiger charge is -2.35. The summed E-state index contributed by atoms with van der Waals surface area (Å²) >= 11 is 19.4. The SMILES string of the molecule is CCOc1ccc(N(CC(=O)N(Cc2c(Cl)cccc2Cl)[C@H](Cc2ccccc2)C(=O)NC2CCCCC2)S(=O)(=O)c2ccc(Cl)cc2)cc1. The molecule has 1 N–H and O–H groups in total. The van der Waals surface area contributed by atoms with Gasteiger partial charge in [-0.05, 0) is 86.0 Å². The first kappa shape index (κ1) is 37.5.